The normalized spacial score (nSPS) is 23.4. The second-order valence-corrected chi connectivity index (χ2v) is 4.11. The Kier molecular flexibility index (Phi) is 2.99. The number of nitrogens with zero attached hydrogens (tertiary/aromatic N) is 4. The molecule has 94 valence electrons. The molecule has 0 saturated carbocycles. The van der Waals surface area contributed by atoms with E-state index < -0.39 is 0 Å². The molecule has 3 heterocycles. The summed E-state index contributed by atoms with van der Waals surface area (Å²) in [6, 6.07) is 1.80. The first-order valence-corrected chi connectivity index (χ1v) is 5.73. The summed E-state index contributed by atoms with van der Waals surface area (Å²) in [5.41, 5.74) is 0.654. The van der Waals surface area contributed by atoms with Crippen LogP contribution in [0.1, 0.15) is 18.4 Å². The number of aromatic nitrogens is 4. The quantitative estimate of drug-likeness (QED) is 0.848. The summed E-state index contributed by atoms with van der Waals surface area (Å²) in [7, 11) is 1.70. The zero-order valence-corrected chi connectivity index (χ0v) is 9.91. The summed E-state index contributed by atoms with van der Waals surface area (Å²) >= 11 is 0. The molecule has 1 N–H and O–H groups in total. The van der Waals surface area contributed by atoms with Gasteiger partial charge in [0.2, 0.25) is 11.7 Å². The van der Waals surface area contributed by atoms with Crippen LogP contribution in [-0.2, 0) is 4.74 Å². The number of hydrogen-bond acceptors (Lipinski definition) is 7. The number of rotatable bonds is 3. The lowest BCUT2D eigenvalue weighted by molar-refractivity contribution is 0.116. The summed E-state index contributed by atoms with van der Waals surface area (Å²) in [4.78, 5) is 12.3. The average molecular weight is 247 g/mol. The van der Waals surface area contributed by atoms with Gasteiger partial charge in [-0.3, -0.25) is 0 Å². The minimum atomic E-state index is 0.0537. The maximum atomic E-state index is 5.28. The molecule has 1 aliphatic heterocycles. The average Bonchev–Trinajstić information content (AvgIpc) is 3.08. The predicted octanol–water partition coefficient (Wildman–Crippen LogP) is 0.576. The molecule has 3 rings (SSSR count). The summed E-state index contributed by atoms with van der Waals surface area (Å²) in [6.45, 7) is 0.798. The standard InChI is InChI=1S/C11H13N5O2/c1-17-7-4-9(13-5-7)11-15-10(16-18-11)8-2-3-12-6-14-8/h2-3,6-7,9,13H,4-5H2,1H3/t7-,9+/m0/s1. The van der Waals surface area contributed by atoms with Gasteiger partial charge in [-0.2, -0.15) is 4.98 Å². The van der Waals surface area contributed by atoms with Gasteiger partial charge in [0.15, 0.2) is 0 Å². The summed E-state index contributed by atoms with van der Waals surface area (Å²) in [5, 5.41) is 7.21. The van der Waals surface area contributed by atoms with Gasteiger partial charge in [-0.15, -0.1) is 0 Å². The van der Waals surface area contributed by atoms with Crippen molar-refractivity contribution in [2.45, 2.75) is 18.6 Å². The number of nitrogens with one attached hydrogen (secondary N) is 1. The molecule has 7 heteroatoms. The molecule has 0 spiro atoms. The smallest absolute Gasteiger partial charge is 0.244 e. The van der Waals surface area contributed by atoms with Gasteiger partial charge in [-0.25, -0.2) is 9.97 Å². The molecule has 2 aromatic heterocycles. The van der Waals surface area contributed by atoms with Crippen molar-refractivity contribution in [3.05, 3.63) is 24.5 Å². The van der Waals surface area contributed by atoms with Gasteiger partial charge in [0.25, 0.3) is 0 Å². The molecule has 18 heavy (non-hydrogen) atoms. The molecule has 2 atom stereocenters. The molecule has 0 aromatic carbocycles. The maximum absolute atomic E-state index is 5.28. The van der Waals surface area contributed by atoms with Crippen LogP contribution < -0.4 is 5.32 Å². The summed E-state index contributed by atoms with van der Waals surface area (Å²) in [5.74, 6) is 1.05. The van der Waals surface area contributed by atoms with E-state index in [9.17, 15) is 0 Å². The van der Waals surface area contributed by atoms with Gasteiger partial charge >= 0.3 is 0 Å². The number of methoxy groups -OCH3 is 1. The van der Waals surface area contributed by atoms with Crippen LogP contribution in [-0.4, -0.2) is 39.9 Å². The van der Waals surface area contributed by atoms with Crippen molar-refractivity contribution in [1.29, 1.82) is 0 Å². The van der Waals surface area contributed by atoms with E-state index in [2.05, 4.69) is 25.4 Å². The Labute approximate surface area is 104 Å². The van der Waals surface area contributed by atoms with E-state index >= 15 is 0 Å². The molecule has 1 aliphatic rings. The highest BCUT2D eigenvalue weighted by Crippen LogP contribution is 2.24. The van der Waals surface area contributed by atoms with Crippen molar-refractivity contribution < 1.29 is 9.26 Å². The molecular weight excluding hydrogens is 234 g/mol. The van der Waals surface area contributed by atoms with Crippen molar-refractivity contribution in [2.24, 2.45) is 0 Å². The van der Waals surface area contributed by atoms with Crippen molar-refractivity contribution in [1.82, 2.24) is 25.4 Å². The second kappa shape index (κ2) is 4.79. The third-order valence-electron chi connectivity index (χ3n) is 2.97. The fourth-order valence-corrected chi connectivity index (χ4v) is 1.97. The van der Waals surface area contributed by atoms with Crippen molar-refractivity contribution in [2.75, 3.05) is 13.7 Å². The van der Waals surface area contributed by atoms with E-state index in [1.807, 2.05) is 0 Å². The van der Waals surface area contributed by atoms with Crippen molar-refractivity contribution >= 4 is 0 Å². The van der Waals surface area contributed by atoms with Crippen LogP contribution in [0.4, 0.5) is 0 Å². The largest absolute Gasteiger partial charge is 0.380 e. The zero-order chi connectivity index (χ0) is 12.4. The van der Waals surface area contributed by atoms with E-state index in [0.29, 0.717) is 17.4 Å². The van der Waals surface area contributed by atoms with Gasteiger partial charge < -0.3 is 14.6 Å². The highest BCUT2D eigenvalue weighted by atomic mass is 16.5. The van der Waals surface area contributed by atoms with Gasteiger partial charge in [0, 0.05) is 19.9 Å². The van der Waals surface area contributed by atoms with Crippen molar-refractivity contribution in [3.8, 4) is 11.5 Å². The van der Waals surface area contributed by atoms with Crippen LogP contribution in [0.15, 0.2) is 23.1 Å². The Balaban J connectivity index is 1.78. The first-order chi connectivity index (χ1) is 8.86. The van der Waals surface area contributed by atoms with Gasteiger partial charge in [-0.1, -0.05) is 5.16 Å². The Morgan fingerprint density at radius 1 is 1.50 bits per heavy atom. The van der Waals surface area contributed by atoms with Crippen LogP contribution in [0.2, 0.25) is 0 Å². The number of ether oxygens (including phenoxy) is 1. The van der Waals surface area contributed by atoms with Crippen LogP contribution >= 0.6 is 0 Å². The Hall–Kier alpha value is -1.86. The summed E-state index contributed by atoms with van der Waals surface area (Å²) < 4.78 is 10.5. The van der Waals surface area contributed by atoms with E-state index in [-0.39, 0.29) is 12.1 Å². The van der Waals surface area contributed by atoms with Crippen LogP contribution in [0, 0.1) is 0 Å². The fourth-order valence-electron chi connectivity index (χ4n) is 1.97. The SMILES string of the molecule is CO[C@@H]1CN[C@@H](c2nc(-c3ccncn3)no2)C1. The maximum Gasteiger partial charge on any atom is 0.244 e. The van der Waals surface area contributed by atoms with E-state index in [4.69, 9.17) is 9.26 Å². The van der Waals surface area contributed by atoms with E-state index in [1.165, 1.54) is 6.33 Å². The number of hydrogen-bond donors (Lipinski definition) is 1. The monoisotopic (exact) mass is 247 g/mol. The van der Waals surface area contributed by atoms with Crippen LogP contribution in [0.25, 0.3) is 11.5 Å². The van der Waals surface area contributed by atoms with Gasteiger partial charge in [0.05, 0.1) is 12.1 Å². The topological polar surface area (TPSA) is 86.0 Å². The molecule has 0 radical (unpaired) electrons. The highest BCUT2D eigenvalue weighted by molar-refractivity contribution is 5.46. The van der Waals surface area contributed by atoms with Crippen LogP contribution in [0.5, 0.6) is 0 Å². The molecule has 1 fully saturated rings. The molecule has 0 amide bonds. The zero-order valence-electron chi connectivity index (χ0n) is 9.91. The molecule has 0 bridgehead atoms. The lowest BCUT2D eigenvalue weighted by Gasteiger charge is -2.04. The molecule has 7 nitrogen and oxygen atoms in total. The molecule has 1 saturated heterocycles. The molecule has 2 aromatic rings. The summed E-state index contributed by atoms with van der Waals surface area (Å²) in [6.07, 6.45) is 4.14. The Bertz CT molecular complexity index is 515. The minimum Gasteiger partial charge on any atom is -0.380 e. The van der Waals surface area contributed by atoms with E-state index in [0.717, 1.165) is 13.0 Å². The molecule has 0 unspecified atom stereocenters. The van der Waals surface area contributed by atoms with Gasteiger partial charge in [-0.05, 0) is 12.5 Å². The second-order valence-electron chi connectivity index (χ2n) is 4.11. The van der Waals surface area contributed by atoms with Gasteiger partial charge in [0.1, 0.15) is 12.0 Å². The predicted molar refractivity (Wildman–Crippen MR) is 61.5 cm³/mol. The first-order valence-electron chi connectivity index (χ1n) is 5.73. The lowest BCUT2D eigenvalue weighted by Crippen LogP contribution is -2.16. The minimum absolute atomic E-state index is 0.0537. The highest BCUT2D eigenvalue weighted by Gasteiger charge is 2.29. The third kappa shape index (κ3) is 2.09. The fraction of sp³-hybridized carbons (Fsp3) is 0.455. The van der Waals surface area contributed by atoms with E-state index in [1.54, 1.807) is 19.4 Å². The molecule has 0 aliphatic carbocycles. The van der Waals surface area contributed by atoms with Crippen LogP contribution in [0.3, 0.4) is 0 Å². The Morgan fingerprint density at radius 3 is 3.17 bits per heavy atom. The first kappa shape index (κ1) is 11.2. The van der Waals surface area contributed by atoms with Crippen molar-refractivity contribution in [3.63, 3.8) is 0 Å². The lowest BCUT2D eigenvalue weighted by atomic mass is 10.2. The molecular formula is C11H13N5O2. The Morgan fingerprint density at radius 2 is 2.44 bits per heavy atom. The third-order valence-corrected chi connectivity index (χ3v) is 2.97.